The van der Waals surface area contributed by atoms with Crippen LogP contribution in [-0.4, -0.2) is 104 Å². The fourth-order valence-corrected chi connectivity index (χ4v) is 4.20. The summed E-state index contributed by atoms with van der Waals surface area (Å²) in [6.07, 6.45) is -3.16. The average Bonchev–Trinajstić information content (AvgIpc) is 3.52. The normalized spacial score (nSPS) is 37.0. The summed E-state index contributed by atoms with van der Waals surface area (Å²) < 4.78 is 37.8. The molecule has 0 spiro atoms. The number of hydrogen-bond donors (Lipinski definition) is 1. The number of Topliss-reactive ketones (excluding diaryl/α,β-unsaturated/α-hetero) is 1. The second kappa shape index (κ2) is 10.3. The Morgan fingerprint density at radius 2 is 1.18 bits per heavy atom. The second-order valence-electron chi connectivity index (χ2n) is 8.27. The Bertz CT molecular complexity index is 809. The van der Waals surface area contributed by atoms with Crippen LogP contribution in [0.2, 0.25) is 0 Å². The third-order valence-corrected chi connectivity index (χ3v) is 5.80. The van der Waals surface area contributed by atoms with Gasteiger partial charge in [-0.15, -0.1) is 0 Å². The number of aliphatic hydroxyl groups excluding tert-OH is 1. The third-order valence-electron chi connectivity index (χ3n) is 5.80. The van der Waals surface area contributed by atoms with Gasteiger partial charge in [-0.25, -0.2) is 9.59 Å². The number of ether oxygens (including phenoxy) is 7. The Balaban J connectivity index is 1.20. The van der Waals surface area contributed by atoms with Gasteiger partial charge in [-0.1, -0.05) is 0 Å². The van der Waals surface area contributed by atoms with Crippen LogP contribution in [-0.2, 0) is 52.3 Å². The van der Waals surface area contributed by atoms with E-state index in [1.807, 2.05) is 0 Å². The van der Waals surface area contributed by atoms with Crippen LogP contribution in [0.3, 0.4) is 0 Å². The first-order valence-corrected chi connectivity index (χ1v) is 10.7. The summed E-state index contributed by atoms with van der Waals surface area (Å²) in [5, 5.41) is 9.71. The van der Waals surface area contributed by atoms with Crippen LogP contribution >= 0.6 is 0 Å². The maximum atomic E-state index is 12.1. The van der Waals surface area contributed by atoms with Gasteiger partial charge in [0, 0.05) is 18.6 Å². The van der Waals surface area contributed by atoms with E-state index < -0.39 is 66.7 Å². The molecule has 4 aliphatic rings. The Labute approximate surface area is 189 Å². The summed E-state index contributed by atoms with van der Waals surface area (Å²) in [7, 11) is 0. The van der Waals surface area contributed by atoms with Gasteiger partial charge >= 0.3 is 17.9 Å². The highest BCUT2D eigenvalue weighted by Crippen LogP contribution is 2.31. The molecule has 4 aliphatic heterocycles. The minimum atomic E-state index is -0.792. The fourth-order valence-electron chi connectivity index (χ4n) is 4.20. The van der Waals surface area contributed by atoms with Gasteiger partial charge in [0.15, 0.2) is 18.3 Å². The lowest BCUT2D eigenvalue weighted by molar-refractivity contribution is -0.155. The maximum absolute atomic E-state index is 12.1. The first-order valence-electron chi connectivity index (χ1n) is 10.7. The smallest absolute Gasteiger partial charge is 0.331 e. The van der Waals surface area contributed by atoms with Gasteiger partial charge in [-0.05, 0) is 6.92 Å². The highest BCUT2D eigenvalue weighted by atomic mass is 16.7. The zero-order valence-corrected chi connectivity index (χ0v) is 18.0. The molecule has 0 radical (unpaired) electrons. The Kier molecular flexibility index (Phi) is 7.39. The number of aliphatic hydroxyl groups is 1. The molecule has 4 fully saturated rings. The van der Waals surface area contributed by atoms with Gasteiger partial charge in [0.05, 0.1) is 32.8 Å². The summed E-state index contributed by atoms with van der Waals surface area (Å²) in [6, 6.07) is 0. The predicted molar refractivity (Wildman–Crippen MR) is 104 cm³/mol. The molecule has 0 aliphatic carbocycles. The van der Waals surface area contributed by atoms with Crippen molar-refractivity contribution in [1.82, 2.24) is 0 Å². The van der Waals surface area contributed by atoms with E-state index in [0.29, 0.717) is 0 Å². The van der Waals surface area contributed by atoms with E-state index in [4.69, 9.17) is 33.2 Å². The van der Waals surface area contributed by atoms with Crippen molar-refractivity contribution in [2.45, 2.75) is 68.6 Å². The predicted octanol–water partition coefficient (Wildman–Crippen LogP) is -1.40. The van der Waals surface area contributed by atoms with Crippen LogP contribution in [0.5, 0.6) is 0 Å². The van der Waals surface area contributed by atoms with E-state index in [-0.39, 0.29) is 45.1 Å². The van der Waals surface area contributed by atoms with Crippen LogP contribution in [0.25, 0.3) is 0 Å². The molecule has 1 N–H and O–H groups in total. The van der Waals surface area contributed by atoms with Crippen molar-refractivity contribution in [2.75, 3.05) is 26.4 Å². The highest BCUT2D eigenvalue weighted by molar-refractivity contribution is 5.91. The summed E-state index contributed by atoms with van der Waals surface area (Å²) >= 11 is 0. The summed E-state index contributed by atoms with van der Waals surface area (Å²) in [5.41, 5.74) is 0. The molecule has 0 aromatic rings. The quantitative estimate of drug-likeness (QED) is 0.252. The molecule has 0 aromatic heterocycles. The number of esters is 3. The van der Waals surface area contributed by atoms with Crippen LogP contribution in [0, 0.1) is 0 Å². The third kappa shape index (κ3) is 5.58. The summed E-state index contributed by atoms with van der Waals surface area (Å²) in [6.45, 7) is 1.72. The molecule has 0 amide bonds. The van der Waals surface area contributed by atoms with Crippen LogP contribution in [0.4, 0.5) is 0 Å². The van der Waals surface area contributed by atoms with E-state index in [9.17, 15) is 24.3 Å². The van der Waals surface area contributed by atoms with Crippen molar-refractivity contribution in [3.05, 3.63) is 12.2 Å². The van der Waals surface area contributed by atoms with Crippen LogP contribution in [0.1, 0.15) is 19.8 Å². The van der Waals surface area contributed by atoms with Gasteiger partial charge in [-0.3, -0.25) is 4.79 Å². The topological polar surface area (TPSA) is 153 Å². The molecule has 0 unspecified atom stereocenters. The first kappa shape index (κ1) is 23.8. The van der Waals surface area contributed by atoms with E-state index >= 15 is 0 Å². The van der Waals surface area contributed by atoms with Crippen molar-refractivity contribution in [3.8, 4) is 0 Å². The van der Waals surface area contributed by atoms with Crippen molar-refractivity contribution >= 4 is 23.7 Å². The van der Waals surface area contributed by atoms with Gasteiger partial charge in [0.25, 0.3) is 0 Å². The monoisotopic (exact) mass is 470 g/mol. The minimum absolute atomic E-state index is 0.0242. The molecular weight excluding hydrogens is 444 g/mol. The number of rotatable bonds is 8. The van der Waals surface area contributed by atoms with Crippen molar-refractivity contribution in [3.63, 3.8) is 0 Å². The average molecular weight is 470 g/mol. The minimum Gasteiger partial charge on any atom is -0.457 e. The van der Waals surface area contributed by atoms with Crippen molar-refractivity contribution < 1.29 is 57.4 Å². The van der Waals surface area contributed by atoms with Crippen molar-refractivity contribution in [1.29, 1.82) is 0 Å². The number of carbonyl (C=O) groups is 4. The Morgan fingerprint density at radius 3 is 1.73 bits per heavy atom. The fraction of sp³-hybridized carbons (Fsp3) is 0.714. The van der Waals surface area contributed by atoms with Gasteiger partial charge in [-0.2, -0.15) is 0 Å². The molecule has 4 saturated heterocycles. The number of carbonyl (C=O) groups excluding carboxylic acids is 4. The lowest BCUT2D eigenvalue weighted by Crippen LogP contribution is -2.35. The summed E-state index contributed by atoms with van der Waals surface area (Å²) in [5.74, 6) is -2.21. The summed E-state index contributed by atoms with van der Waals surface area (Å²) in [4.78, 5) is 47.0. The van der Waals surface area contributed by atoms with E-state index in [1.165, 1.54) is 6.92 Å². The molecule has 12 nitrogen and oxygen atoms in total. The first-order chi connectivity index (χ1) is 15.8. The number of hydrogen-bond acceptors (Lipinski definition) is 12. The van der Waals surface area contributed by atoms with Crippen LogP contribution in [0.15, 0.2) is 12.2 Å². The van der Waals surface area contributed by atoms with Gasteiger partial charge < -0.3 is 43.1 Å². The van der Waals surface area contributed by atoms with Crippen LogP contribution < -0.4 is 0 Å². The number of ketones is 1. The van der Waals surface area contributed by atoms with Crippen molar-refractivity contribution in [2.24, 2.45) is 0 Å². The molecule has 33 heavy (non-hydrogen) atoms. The second-order valence-corrected chi connectivity index (χ2v) is 8.27. The van der Waals surface area contributed by atoms with Gasteiger partial charge in [0.2, 0.25) is 0 Å². The molecule has 4 rings (SSSR count). The molecule has 8 atom stereocenters. The van der Waals surface area contributed by atoms with E-state index in [0.717, 1.165) is 12.2 Å². The van der Waals surface area contributed by atoms with E-state index in [2.05, 4.69) is 0 Å². The molecule has 0 bridgehead atoms. The highest BCUT2D eigenvalue weighted by Gasteiger charge is 2.51. The zero-order chi connectivity index (χ0) is 23.5. The lowest BCUT2D eigenvalue weighted by Gasteiger charge is -2.17. The molecule has 0 aromatic carbocycles. The molecule has 12 heteroatoms. The van der Waals surface area contributed by atoms with Gasteiger partial charge in [0.1, 0.15) is 36.3 Å². The molecule has 0 saturated carbocycles. The molecule has 4 heterocycles. The zero-order valence-electron chi connectivity index (χ0n) is 18.0. The Morgan fingerprint density at radius 1 is 0.727 bits per heavy atom. The Hall–Kier alpha value is -2.38. The number of fused-ring (bicyclic) bond motifs is 2. The molecule has 182 valence electrons. The SMILES string of the molecule is CC(=O)CCC(=O)O[C@H]1CO[C@H]2[C@@H]1OC[C@@H]2OC(=O)/C=C\C(=O)O[C@H]1CO[C@H]2[C@@H]1OC[C@@H]2O. The lowest BCUT2D eigenvalue weighted by atomic mass is 10.1. The maximum Gasteiger partial charge on any atom is 0.331 e. The standard InChI is InChI=1S/C21H26O12/c1-10(22)2-3-15(24)32-13-8-29-21-14(9-30-20(13)21)33-17(26)5-4-16(25)31-12-7-28-18-11(23)6-27-19(12)18/h4-5,11-14,18-21,23H,2-3,6-9H2,1H3/b5-4-/t11-,12-,13-,14-,18+,19+,20+,21+/m0/s1. The largest absolute Gasteiger partial charge is 0.457 e. The molecular formula is C21H26O12. The van der Waals surface area contributed by atoms with E-state index in [1.54, 1.807) is 0 Å².